The second kappa shape index (κ2) is 31.6. The molecule has 6 aliphatic carbocycles. The second-order valence-electron chi connectivity index (χ2n) is 32.9. The molecule has 2 aliphatic heterocycles. The highest BCUT2D eigenvalue weighted by atomic mass is 35.5. The lowest BCUT2D eigenvalue weighted by atomic mass is 9.85. The van der Waals surface area contributed by atoms with E-state index in [2.05, 4.69) is 49.2 Å². The largest absolute Gasteiger partial charge is 0.478 e. The van der Waals surface area contributed by atoms with Crippen LogP contribution in [-0.2, 0) is 58.4 Å². The summed E-state index contributed by atoms with van der Waals surface area (Å²) < 4.78 is 58.1. The molecular formula is C80H96Cl2N12O15S2. The summed E-state index contributed by atoms with van der Waals surface area (Å²) in [4.78, 5) is 137. The standard InChI is InChI=1S/C40H47ClN6O7S.C25H39N5O6S.C15H10ClNO2/c1-5-25-20-40(25,38(52)45-55(53,54)28-15-16-28)44-35(49)31-19-27(21-47(31)37(51)34(39(2,3)4)43-32(48)18-23-9-10-23)42-36(50)33-29(24-11-13-26(41)14-12-24)22-46-17-7-6-8-30(33)46;1-5-15-12-25(15,23(34)29-37(35,36)17-8-9-17)28-21(32)18-11-16(26)13-30(18)22(33)20(24(2,3)4)27-19(31)10-14-6-7-14;16-11-6-4-10(5-7-11)12-9-17-8-2-1-3-13(17)14(12)15(18)19/h5-8,11-14,17,22-23,25,27-28,31,34H,1,9-10,15-16,18-21H2,2-4H3,(H,42,50)(H,43,48)(H,44,49)(H,45,52);5,14-18,20H,1,6-13,26H2,2-4H3,(H,27,31)(H,28,32)(H,29,34);1-9H,(H,18,19)/t25?,27-,31+,34-,40?;15?,16-,18+,20-,25?;/m11./s1. The number of nitrogens with one attached hydrogen (secondary N) is 7. The van der Waals surface area contributed by atoms with Crippen LogP contribution in [0.3, 0.4) is 0 Å². The van der Waals surface area contributed by atoms with Gasteiger partial charge in [-0.25, -0.2) is 21.6 Å². The summed E-state index contributed by atoms with van der Waals surface area (Å²) in [5.74, 6) is -5.95. The molecule has 14 rings (SSSR count). The van der Waals surface area contributed by atoms with Gasteiger partial charge < -0.3 is 56.0 Å². The molecular weight excluding hydrogens is 1500 g/mol. The fourth-order valence-electron chi connectivity index (χ4n) is 14.7. The van der Waals surface area contributed by atoms with E-state index in [0.29, 0.717) is 87.8 Å². The maximum atomic E-state index is 14.6. The Kier molecular flexibility index (Phi) is 23.1. The van der Waals surface area contributed by atoms with Gasteiger partial charge >= 0.3 is 5.97 Å². The van der Waals surface area contributed by atoms with Crippen LogP contribution in [0.2, 0.25) is 10.0 Å². The number of carboxylic acids is 1. The minimum atomic E-state index is -3.91. The Bertz CT molecular complexity index is 4940. The Hall–Kier alpha value is -9.42. The molecule has 9 amide bonds. The molecule has 592 valence electrons. The lowest BCUT2D eigenvalue weighted by Crippen LogP contribution is -2.60. The number of fused-ring (bicyclic) bond motifs is 2. The number of rotatable bonds is 25. The van der Waals surface area contributed by atoms with Gasteiger partial charge in [-0.2, -0.15) is 0 Å². The van der Waals surface area contributed by atoms with Gasteiger partial charge in [-0.3, -0.25) is 52.6 Å². The first kappa shape index (κ1) is 81.1. The van der Waals surface area contributed by atoms with Gasteiger partial charge in [-0.1, -0.05) is 113 Å². The van der Waals surface area contributed by atoms with Crippen LogP contribution < -0.4 is 41.8 Å². The zero-order valence-corrected chi connectivity index (χ0v) is 65.9. The van der Waals surface area contributed by atoms with Gasteiger partial charge in [0.1, 0.15) is 35.2 Å². The van der Waals surface area contributed by atoms with Crippen LogP contribution in [0.4, 0.5) is 0 Å². The third-order valence-electron chi connectivity index (χ3n) is 21.9. The van der Waals surface area contributed by atoms with Gasteiger partial charge in [0.25, 0.3) is 17.7 Å². The summed E-state index contributed by atoms with van der Waals surface area (Å²) in [6.45, 7) is 18.6. The number of halogens is 2. The Balaban J connectivity index is 0.000000174. The molecule has 10 N–H and O–H groups in total. The molecule has 6 aromatic rings. The zero-order valence-electron chi connectivity index (χ0n) is 62.8. The number of benzene rings is 2. The maximum Gasteiger partial charge on any atom is 0.338 e. The number of likely N-dealkylation sites (tertiary alicyclic amines) is 2. The van der Waals surface area contributed by atoms with Crippen molar-refractivity contribution in [1.82, 2.24) is 54.6 Å². The molecule has 0 radical (unpaired) electrons. The molecule has 6 heterocycles. The SMILES string of the molecule is C=CC1CC1(NC(=O)[C@@H]1C[C@@H](N)CN1C(=O)[C@@H](NC(=O)CC1CC1)C(C)(C)C)C(=O)NS(=O)(=O)C1CC1.C=CC1CC1(NC(=O)[C@@H]1C[C@@H](NC(=O)c2c(-c3ccc(Cl)cc3)cn3ccccc23)CN1C(=O)[C@@H](NC(=O)CC1CC1)C(C)(C)C)C(=O)NS(=O)(=O)C1CC1.O=C(O)c1c(-c2ccc(Cl)cc2)cn2ccccc12. The number of carbonyl (C=O) groups is 10. The van der Waals surface area contributed by atoms with Crippen LogP contribution >= 0.6 is 23.2 Å². The Morgan fingerprint density at radius 2 is 0.964 bits per heavy atom. The van der Waals surface area contributed by atoms with E-state index in [1.165, 1.54) is 22.0 Å². The van der Waals surface area contributed by atoms with Gasteiger partial charge in [-0.15, -0.1) is 13.2 Å². The van der Waals surface area contributed by atoms with Crippen LogP contribution in [0, 0.1) is 34.5 Å². The maximum absolute atomic E-state index is 14.6. The molecule has 8 fully saturated rings. The molecule has 0 bridgehead atoms. The van der Waals surface area contributed by atoms with Crippen LogP contribution in [0.25, 0.3) is 33.3 Å². The minimum Gasteiger partial charge on any atom is -0.478 e. The average molecular weight is 1600 g/mol. The average Bonchev–Trinajstić information content (AvgIpc) is 1.58. The number of nitrogens with zero attached hydrogens (tertiary/aromatic N) is 4. The predicted octanol–water partition coefficient (Wildman–Crippen LogP) is 7.83. The summed E-state index contributed by atoms with van der Waals surface area (Å²) >= 11 is 12.0. The number of aromatic nitrogens is 2. The molecule has 2 aromatic carbocycles. The number of amides is 9. The Morgan fingerprint density at radius 3 is 1.34 bits per heavy atom. The molecule has 27 nitrogen and oxygen atoms in total. The molecule has 4 aromatic heterocycles. The predicted molar refractivity (Wildman–Crippen MR) is 418 cm³/mol. The van der Waals surface area contributed by atoms with E-state index in [0.717, 1.165) is 36.8 Å². The number of carboxylic acid groups (broad SMARTS) is 1. The number of nitrogens with two attached hydrogens (primary N) is 1. The third kappa shape index (κ3) is 18.4. The molecule has 2 saturated heterocycles. The van der Waals surface area contributed by atoms with Gasteiger partial charge in [0.05, 0.1) is 32.7 Å². The van der Waals surface area contributed by atoms with Gasteiger partial charge in [0, 0.05) is 95.8 Å². The number of carbonyl (C=O) groups excluding carboxylic acids is 9. The summed E-state index contributed by atoms with van der Waals surface area (Å²) in [7, 11) is -7.72. The first-order valence-corrected chi connectivity index (χ1v) is 41.4. The van der Waals surface area contributed by atoms with Crippen molar-refractivity contribution in [2.75, 3.05) is 13.1 Å². The monoisotopic (exact) mass is 1600 g/mol. The molecule has 4 unspecified atom stereocenters. The van der Waals surface area contributed by atoms with E-state index in [4.69, 9.17) is 28.9 Å². The normalized spacial score (nSPS) is 23.9. The van der Waals surface area contributed by atoms with E-state index in [9.17, 15) is 69.9 Å². The fraction of sp³-hybridized carbons (Fsp3) is 0.475. The van der Waals surface area contributed by atoms with Crippen molar-refractivity contribution in [2.45, 2.75) is 189 Å². The highest BCUT2D eigenvalue weighted by Crippen LogP contribution is 2.48. The quantitative estimate of drug-likeness (QED) is 0.0246. The third-order valence-corrected chi connectivity index (χ3v) is 26.1. The fourth-order valence-corrected chi connectivity index (χ4v) is 17.7. The highest BCUT2D eigenvalue weighted by molar-refractivity contribution is 7.91. The lowest BCUT2D eigenvalue weighted by molar-refractivity contribution is -0.144. The number of hydrogen-bond donors (Lipinski definition) is 9. The highest BCUT2D eigenvalue weighted by Gasteiger charge is 2.64. The van der Waals surface area contributed by atoms with Crippen molar-refractivity contribution in [3.05, 3.63) is 156 Å². The van der Waals surface area contributed by atoms with Crippen LogP contribution in [0.5, 0.6) is 0 Å². The topological polar surface area (TPSA) is 385 Å². The molecule has 6 saturated carbocycles. The molecule has 8 aliphatic rings. The van der Waals surface area contributed by atoms with Crippen molar-refractivity contribution in [2.24, 2.45) is 40.2 Å². The van der Waals surface area contributed by atoms with E-state index in [1.54, 1.807) is 30.3 Å². The van der Waals surface area contributed by atoms with Gasteiger partial charge in [0.15, 0.2) is 0 Å². The van der Waals surface area contributed by atoms with Crippen molar-refractivity contribution in [3.8, 4) is 22.3 Å². The van der Waals surface area contributed by atoms with Crippen molar-refractivity contribution < 1.29 is 69.9 Å². The summed E-state index contributed by atoms with van der Waals surface area (Å²) in [6, 6.07) is 20.1. The Morgan fingerprint density at radius 1 is 0.568 bits per heavy atom. The van der Waals surface area contributed by atoms with E-state index in [-0.39, 0.29) is 56.5 Å². The van der Waals surface area contributed by atoms with Crippen LogP contribution in [0.1, 0.15) is 152 Å². The number of sulfonamides is 2. The first-order chi connectivity index (χ1) is 52.3. The second-order valence-corrected chi connectivity index (χ2v) is 37.7. The minimum absolute atomic E-state index is 0.00487. The number of hydrogen-bond acceptors (Lipinski definition) is 15. The summed E-state index contributed by atoms with van der Waals surface area (Å²) in [5, 5.41) is 23.8. The Labute approximate surface area is 655 Å². The van der Waals surface area contributed by atoms with Crippen molar-refractivity contribution in [1.29, 1.82) is 0 Å². The number of pyridine rings is 2. The van der Waals surface area contributed by atoms with Crippen molar-refractivity contribution >= 4 is 113 Å². The first-order valence-electron chi connectivity index (χ1n) is 37.6. The van der Waals surface area contributed by atoms with Gasteiger partial charge in [0.2, 0.25) is 55.5 Å². The molecule has 111 heavy (non-hydrogen) atoms. The van der Waals surface area contributed by atoms with Crippen LogP contribution in [-0.4, -0.2) is 171 Å². The van der Waals surface area contributed by atoms with E-state index in [1.807, 2.05) is 130 Å². The summed E-state index contributed by atoms with van der Waals surface area (Å²) in [6.07, 6.45) is 17.4. The smallest absolute Gasteiger partial charge is 0.338 e. The van der Waals surface area contributed by atoms with E-state index >= 15 is 0 Å². The lowest BCUT2D eigenvalue weighted by Gasteiger charge is -2.35. The van der Waals surface area contributed by atoms with Crippen molar-refractivity contribution in [3.63, 3.8) is 0 Å². The van der Waals surface area contributed by atoms with Gasteiger partial charge in [-0.05, 0) is 159 Å². The van der Waals surface area contributed by atoms with E-state index < -0.39 is 148 Å². The molecule has 10 atom stereocenters. The molecule has 31 heteroatoms. The summed E-state index contributed by atoms with van der Waals surface area (Å²) in [5.41, 5.74) is 6.76. The zero-order chi connectivity index (χ0) is 80.2. The molecule has 0 spiro atoms. The van der Waals surface area contributed by atoms with Crippen LogP contribution in [0.15, 0.2) is 135 Å². The number of aromatic carboxylic acids is 1.